The lowest BCUT2D eigenvalue weighted by Gasteiger charge is -2.32. The van der Waals surface area contributed by atoms with Gasteiger partial charge in [0.05, 0.1) is 12.6 Å². The maximum Gasteiger partial charge on any atom is 0.191 e. The fourth-order valence-electron chi connectivity index (χ4n) is 4.84. The van der Waals surface area contributed by atoms with Crippen LogP contribution in [0, 0.1) is 0 Å². The van der Waals surface area contributed by atoms with Crippen molar-refractivity contribution < 1.29 is 9.84 Å². The van der Waals surface area contributed by atoms with Crippen LogP contribution in [-0.2, 0) is 17.8 Å². The number of phenols is 1. The van der Waals surface area contributed by atoms with Crippen molar-refractivity contribution in [3.63, 3.8) is 0 Å². The van der Waals surface area contributed by atoms with Crippen LogP contribution >= 0.6 is 23.4 Å². The molecule has 2 aromatic carbocycles. The summed E-state index contributed by atoms with van der Waals surface area (Å²) < 4.78 is 8.14. The maximum atomic E-state index is 10.2. The molecule has 3 aromatic rings. The van der Waals surface area contributed by atoms with E-state index >= 15 is 0 Å². The molecular formula is C26H31ClN4O2S. The Balaban J connectivity index is 1.28. The summed E-state index contributed by atoms with van der Waals surface area (Å²) in [4.78, 5) is 2.38. The minimum atomic E-state index is 0.307. The minimum Gasteiger partial charge on any atom is -0.508 e. The van der Waals surface area contributed by atoms with Crippen LogP contribution in [-0.4, -0.2) is 56.3 Å². The van der Waals surface area contributed by atoms with Gasteiger partial charge < -0.3 is 14.4 Å². The molecule has 1 atom stereocenters. The monoisotopic (exact) mass is 498 g/mol. The quantitative estimate of drug-likeness (QED) is 0.423. The number of aromatic nitrogens is 3. The first kappa shape index (κ1) is 23.7. The molecule has 0 saturated carbocycles. The number of ether oxygens (including phenoxy) is 1. The van der Waals surface area contributed by atoms with Crippen molar-refractivity contribution in [1.29, 1.82) is 0 Å². The summed E-state index contributed by atoms with van der Waals surface area (Å²) in [6.45, 7) is 4.27. The van der Waals surface area contributed by atoms with Gasteiger partial charge in [-0.25, -0.2) is 0 Å². The molecule has 2 aliphatic heterocycles. The van der Waals surface area contributed by atoms with Crippen LogP contribution in [0.5, 0.6) is 5.75 Å². The SMILES string of the molecule is Oc1ccc(Cl)cc1CN1CCC(c2nnc(SC[C@H]3CCCO3)n2Cc2ccccc2)CC1. The number of aromatic hydroxyl groups is 1. The summed E-state index contributed by atoms with van der Waals surface area (Å²) in [5.74, 6) is 2.69. The van der Waals surface area contributed by atoms with Gasteiger partial charge in [-0.1, -0.05) is 53.7 Å². The van der Waals surface area contributed by atoms with Gasteiger partial charge in [0, 0.05) is 35.4 Å². The second kappa shape index (κ2) is 11.1. The van der Waals surface area contributed by atoms with Gasteiger partial charge in [-0.15, -0.1) is 10.2 Å². The van der Waals surface area contributed by atoms with Crippen molar-refractivity contribution in [2.45, 2.75) is 56.0 Å². The molecule has 2 saturated heterocycles. The van der Waals surface area contributed by atoms with Gasteiger partial charge in [-0.3, -0.25) is 4.90 Å². The van der Waals surface area contributed by atoms with E-state index in [1.807, 2.05) is 6.07 Å². The third-order valence-corrected chi connectivity index (χ3v) is 8.07. The van der Waals surface area contributed by atoms with E-state index < -0.39 is 0 Å². The molecule has 0 bridgehead atoms. The Labute approximate surface area is 210 Å². The fourth-order valence-corrected chi connectivity index (χ4v) is 6.04. The smallest absolute Gasteiger partial charge is 0.191 e. The third-order valence-electron chi connectivity index (χ3n) is 6.74. The minimum absolute atomic E-state index is 0.307. The van der Waals surface area contributed by atoms with Crippen molar-refractivity contribution in [2.75, 3.05) is 25.4 Å². The van der Waals surface area contributed by atoms with Crippen molar-refractivity contribution in [1.82, 2.24) is 19.7 Å². The number of rotatable bonds is 8. The van der Waals surface area contributed by atoms with E-state index in [1.54, 1.807) is 23.9 Å². The molecule has 0 amide bonds. The zero-order valence-electron chi connectivity index (χ0n) is 19.3. The Morgan fingerprint density at radius 2 is 1.85 bits per heavy atom. The molecule has 8 heteroatoms. The summed E-state index contributed by atoms with van der Waals surface area (Å²) in [6, 6.07) is 15.8. The Morgan fingerprint density at radius 1 is 1.03 bits per heavy atom. The largest absolute Gasteiger partial charge is 0.508 e. The highest BCUT2D eigenvalue weighted by Crippen LogP contribution is 2.32. The summed E-state index contributed by atoms with van der Waals surface area (Å²) in [5.41, 5.74) is 2.14. The molecule has 0 radical (unpaired) electrons. The maximum absolute atomic E-state index is 10.2. The Bertz CT molecular complexity index is 1080. The van der Waals surface area contributed by atoms with Gasteiger partial charge in [-0.05, 0) is 62.5 Å². The molecule has 1 aromatic heterocycles. The fraction of sp³-hybridized carbons (Fsp3) is 0.462. The zero-order chi connectivity index (χ0) is 23.3. The van der Waals surface area contributed by atoms with Gasteiger partial charge in [-0.2, -0.15) is 0 Å². The second-order valence-electron chi connectivity index (χ2n) is 9.18. The molecule has 0 spiro atoms. The van der Waals surface area contributed by atoms with Crippen molar-refractivity contribution in [3.05, 3.63) is 70.5 Å². The average Bonchev–Trinajstić information content (AvgIpc) is 3.51. The zero-order valence-corrected chi connectivity index (χ0v) is 20.8. The molecule has 180 valence electrons. The van der Waals surface area contributed by atoms with Crippen molar-refractivity contribution in [3.8, 4) is 5.75 Å². The lowest BCUT2D eigenvalue weighted by atomic mass is 9.95. The summed E-state index contributed by atoms with van der Waals surface area (Å²) >= 11 is 7.90. The number of nitrogens with zero attached hydrogens (tertiary/aromatic N) is 4. The van der Waals surface area contributed by atoms with Crippen LogP contribution in [0.1, 0.15) is 48.6 Å². The highest BCUT2D eigenvalue weighted by Gasteiger charge is 2.27. The van der Waals surface area contributed by atoms with Crippen molar-refractivity contribution in [2.24, 2.45) is 0 Å². The number of benzene rings is 2. The lowest BCUT2D eigenvalue weighted by molar-refractivity contribution is 0.129. The Morgan fingerprint density at radius 3 is 2.62 bits per heavy atom. The van der Waals surface area contributed by atoms with Crippen LogP contribution in [0.4, 0.5) is 0 Å². The molecule has 6 nitrogen and oxygen atoms in total. The van der Waals surface area contributed by atoms with Crippen molar-refractivity contribution >= 4 is 23.4 Å². The normalized spacial score (nSPS) is 19.6. The highest BCUT2D eigenvalue weighted by atomic mass is 35.5. The van der Waals surface area contributed by atoms with Crippen LogP contribution in [0.25, 0.3) is 0 Å². The molecule has 0 aliphatic carbocycles. The lowest BCUT2D eigenvalue weighted by Crippen LogP contribution is -2.33. The topological polar surface area (TPSA) is 63.4 Å². The first-order valence-electron chi connectivity index (χ1n) is 12.1. The Kier molecular flexibility index (Phi) is 7.74. The van der Waals surface area contributed by atoms with Gasteiger partial charge in [0.1, 0.15) is 11.6 Å². The standard InChI is InChI=1S/C26H31ClN4O2S/c27-22-8-9-24(32)21(15-22)17-30-12-10-20(11-13-30)25-28-29-26(34-18-23-7-4-14-33-23)31(25)16-19-5-2-1-3-6-19/h1-3,5-6,8-9,15,20,23,32H,4,7,10-14,16-18H2/t23-/m1/s1. The Hall–Kier alpha value is -2.06. The summed E-state index contributed by atoms with van der Waals surface area (Å²) in [6.07, 6.45) is 4.64. The third kappa shape index (κ3) is 5.77. The van der Waals surface area contributed by atoms with E-state index in [0.717, 1.165) is 74.2 Å². The predicted octanol–water partition coefficient (Wildman–Crippen LogP) is 5.34. The van der Waals surface area contributed by atoms with E-state index in [9.17, 15) is 5.11 Å². The molecule has 2 fully saturated rings. The molecule has 0 unspecified atom stereocenters. The highest BCUT2D eigenvalue weighted by molar-refractivity contribution is 7.99. The van der Waals surface area contributed by atoms with Crippen LogP contribution in [0.15, 0.2) is 53.7 Å². The second-order valence-corrected chi connectivity index (χ2v) is 10.6. The van der Waals surface area contributed by atoms with E-state index in [1.165, 1.54) is 5.56 Å². The van der Waals surface area contributed by atoms with E-state index in [-0.39, 0.29) is 0 Å². The van der Waals surface area contributed by atoms with Gasteiger partial charge >= 0.3 is 0 Å². The number of likely N-dealkylation sites (tertiary alicyclic amines) is 1. The molecule has 34 heavy (non-hydrogen) atoms. The predicted molar refractivity (Wildman–Crippen MR) is 136 cm³/mol. The number of phenolic OH excluding ortho intramolecular Hbond substituents is 1. The van der Waals surface area contributed by atoms with Gasteiger partial charge in [0.25, 0.3) is 0 Å². The van der Waals surface area contributed by atoms with Crippen LogP contribution < -0.4 is 0 Å². The number of thioether (sulfide) groups is 1. The molecule has 2 aliphatic rings. The summed E-state index contributed by atoms with van der Waals surface area (Å²) in [5, 5.41) is 21.1. The van der Waals surface area contributed by atoms with E-state index in [2.05, 4.69) is 44.9 Å². The van der Waals surface area contributed by atoms with Crippen LogP contribution in [0.2, 0.25) is 5.02 Å². The number of piperidine rings is 1. The first-order valence-corrected chi connectivity index (χ1v) is 13.4. The number of hydrogen-bond donors (Lipinski definition) is 1. The summed E-state index contributed by atoms with van der Waals surface area (Å²) in [7, 11) is 0. The molecule has 5 rings (SSSR count). The van der Waals surface area contributed by atoms with Crippen LogP contribution in [0.3, 0.4) is 0 Å². The molecule has 1 N–H and O–H groups in total. The van der Waals surface area contributed by atoms with E-state index in [0.29, 0.717) is 29.3 Å². The van der Waals surface area contributed by atoms with Gasteiger partial charge in [0.2, 0.25) is 0 Å². The van der Waals surface area contributed by atoms with Gasteiger partial charge in [0.15, 0.2) is 5.16 Å². The number of hydrogen-bond acceptors (Lipinski definition) is 6. The molecular weight excluding hydrogens is 468 g/mol. The average molecular weight is 499 g/mol. The first-order chi connectivity index (χ1) is 16.7. The molecule has 3 heterocycles. The number of halogens is 1. The van der Waals surface area contributed by atoms with E-state index in [4.69, 9.17) is 21.4 Å².